The van der Waals surface area contributed by atoms with Gasteiger partial charge >= 0.3 is 0 Å². The number of hydrogen-bond donors (Lipinski definition) is 2. The summed E-state index contributed by atoms with van der Waals surface area (Å²) in [7, 11) is -3.63. The normalized spacial score (nSPS) is 11.3. The van der Waals surface area contributed by atoms with Gasteiger partial charge < -0.3 is 5.11 Å². The Morgan fingerprint density at radius 1 is 1.00 bits per heavy atom. The molecule has 0 aliphatic heterocycles. The summed E-state index contributed by atoms with van der Waals surface area (Å²) in [5, 5.41) is 9.59. The molecule has 100 valence electrons. The quantitative estimate of drug-likeness (QED) is 0.906. The van der Waals surface area contributed by atoms with Gasteiger partial charge in [-0.15, -0.1) is 0 Å². The molecular formula is C14H15NO3S. The van der Waals surface area contributed by atoms with E-state index in [0.717, 1.165) is 0 Å². The smallest absolute Gasteiger partial charge is 0.262 e. The van der Waals surface area contributed by atoms with Crippen LogP contribution in [0, 0.1) is 13.8 Å². The summed E-state index contributed by atoms with van der Waals surface area (Å²) in [6.45, 7) is 3.48. The van der Waals surface area contributed by atoms with Gasteiger partial charge in [0, 0.05) is 6.07 Å². The first kappa shape index (κ1) is 13.4. The van der Waals surface area contributed by atoms with Gasteiger partial charge in [-0.25, -0.2) is 8.42 Å². The van der Waals surface area contributed by atoms with Crippen molar-refractivity contribution in [3.05, 3.63) is 53.6 Å². The number of phenolic OH excluding ortho intramolecular Hbond substituents is 1. The number of anilines is 1. The summed E-state index contributed by atoms with van der Waals surface area (Å²) in [5.41, 5.74) is 1.71. The Morgan fingerprint density at radius 2 is 1.68 bits per heavy atom. The van der Waals surface area contributed by atoms with E-state index in [1.54, 1.807) is 50.2 Å². The van der Waals surface area contributed by atoms with Crippen LogP contribution in [0.25, 0.3) is 0 Å². The molecular weight excluding hydrogens is 262 g/mol. The van der Waals surface area contributed by atoms with Crippen LogP contribution in [0.5, 0.6) is 5.75 Å². The molecule has 0 amide bonds. The topological polar surface area (TPSA) is 66.4 Å². The van der Waals surface area contributed by atoms with Crippen molar-refractivity contribution in [1.29, 1.82) is 0 Å². The Kier molecular flexibility index (Phi) is 3.48. The van der Waals surface area contributed by atoms with Gasteiger partial charge in [0.15, 0.2) is 0 Å². The van der Waals surface area contributed by atoms with Crippen LogP contribution < -0.4 is 4.72 Å². The SMILES string of the molecule is Cc1ccc(NS(=O)(=O)c2ccccc2C)cc1O. The highest BCUT2D eigenvalue weighted by atomic mass is 32.2. The second kappa shape index (κ2) is 4.93. The summed E-state index contributed by atoms with van der Waals surface area (Å²) in [4.78, 5) is 0.232. The number of benzene rings is 2. The van der Waals surface area contributed by atoms with Gasteiger partial charge in [-0.2, -0.15) is 0 Å². The minimum absolute atomic E-state index is 0.0602. The number of nitrogens with one attached hydrogen (secondary N) is 1. The average Bonchev–Trinajstić information content (AvgIpc) is 2.34. The second-order valence-electron chi connectivity index (χ2n) is 4.37. The predicted octanol–water partition coefficient (Wildman–Crippen LogP) is 2.81. The van der Waals surface area contributed by atoms with Gasteiger partial charge in [0.05, 0.1) is 10.6 Å². The molecule has 0 saturated heterocycles. The average molecular weight is 277 g/mol. The zero-order valence-corrected chi connectivity index (χ0v) is 11.5. The summed E-state index contributed by atoms with van der Waals surface area (Å²) in [6.07, 6.45) is 0. The lowest BCUT2D eigenvalue weighted by molar-refractivity contribution is 0.471. The molecule has 2 rings (SSSR count). The zero-order chi connectivity index (χ0) is 14.0. The van der Waals surface area contributed by atoms with Crippen LogP contribution in [0.3, 0.4) is 0 Å². The van der Waals surface area contributed by atoms with Crippen molar-refractivity contribution >= 4 is 15.7 Å². The maximum Gasteiger partial charge on any atom is 0.262 e. The molecule has 0 aromatic heterocycles. The monoisotopic (exact) mass is 277 g/mol. The molecule has 0 spiro atoms. The van der Waals surface area contributed by atoms with Gasteiger partial charge in [0.25, 0.3) is 10.0 Å². The molecule has 0 radical (unpaired) electrons. The van der Waals surface area contributed by atoms with Crippen molar-refractivity contribution in [2.45, 2.75) is 18.7 Å². The van der Waals surface area contributed by atoms with Crippen LogP contribution in [-0.4, -0.2) is 13.5 Å². The molecule has 0 aliphatic rings. The van der Waals surface area contributed by atoms with E-state index in [4.69, 9.17) is 0 Å². The van der Waals surface area contributed by atoms with E-state index in [2.05, 4.69) is 4.72 Å². The largest absolute Gasteiger partial charge is 0.508 e. The Balaban J connectivity index is 2.37. The van der Waals surface area contributed by atoms with Gasteiger partial charge in [0.2, 0.25) is 0 Å². The number of phenols is 1. The van der Waals surface area contributed by atoms with Crippen LogP contribution in [-0.2, 0) is 10.0 Å². The Hall–Kier alpha value is -2.01. The molecule has 0 bridgehead atoms. The zero-order valence-electron chi connectivity index (χ0n) is 10.7. The van der Waals surface area contributed by atoms with E-state index in [1.165, 1.54) is 6.07 Å². The van der Waals surface area contributed by atoms with Crippen LogP contribution >= 0.6 is 0 Å². The van der Waals surface area contributed by atoms with Gasteiger partial charge in [0.1, 0.15) is 5.75 Å². The van der Waals surface area contributed by atoms with Crippen LogP contribution in [0.15, 0.2) is 47.4 Å². The lowest BCUT2D eigenvalue weighted by Crippen LogP contribution is -2.14. The molecule has 0 aliphatic carbocycles. The number of rotatable bonds is 3. The van der Waals surface area contributed by atoms with E-state index in [9.17, 15) is 13.5 Å². The first-order valence-electron chi connectivity index (χ1n) is 5.78. The Labute approximate surface area is 112 Å². The van der Waals surface area contributed by atoms with E-state index < -0.39 is 10.0 Å². The van der Waals surface area contributed by atoms with Gasteiger partial charge in [-0.3, -0.25) is 4.72 Å². The molecule has 4 nitrogen and oxygen atoms in total. The maximum absolute atomic E-state index is 12.2. The lowest BCUT2D eigenvalue weighted by atomic mass is 10.2. The molecule has 0 atom stereocenters. The molecule has 0 saturated carbocycles. The fourth-order valence-electron chi connectivity index (χ4n) is 1.74. The minimum Gasteiger partial charge on any atom is -0.508 e. The summed E-state index contributed by atoms with van der Waals surface area (Å²) in [5.74, 6) is 0.0602. The van der Waals surface area contributed by atoms with E-state index in [0.29, 0.717) is 16.8 Å². The van der Waals surface area contributed by atoms with Crippen LogP contribution in [0.1, 0.15) is 11.1 Å². The Bertz CT molecular complexity index is 708. The summed E-state index contributed by atoms with van der Waals surface area (Å²) >= 11 is 0. The van der Waals surface area contributed by atoms with Crippen molar-refractivity contribution < 1.29 is 13.5 Å². The molecule has 2 aromatic rings. The predicted molar refractivity (Wildman–Crippen MR) is 74.8 cm³/mol. The summed E-state index contributed by atoms with van der Waals surface area (Å²) < 4.78 is 26.9. The molecule has 0 heterocycles. The number of aryl methyl sites for hydroxylation is 2. The van der Waals surface area contributed by atoms with E-state index >= 15 is 0 Å². The van der Waals surface area contributed by atoms with Crippen LogP contribution in [0.4, 0.5) is 5.69 Å². The fraction of sp³-hybridized carbons (Fsp3) is 0.143. The van der Waals surface area contributed by atoms with E-state index in [1.807, 2.05) is 0 Å². The second-order valence-corrected chi connectivity index (χ2v) is 6.02. The van der Waals surface area contributed by atoms with Gasteiger partial charge in [-0.05, 0) is 37.1 Å². The van der Waals surface area contributed by atoms with E-state index in [-0.39, 0.29) is 10.6 Å². The van der Waals surface area contributed by atoms with Crippen molar-refractivity contribution in [1.82, 2.24) is 0 Å². The van der Waals surface area contributed by atoms with Crippen molar-refractivity contribution in [2.24, 2.45) is 0 Å². The third kappa shape index (κ3) is 2.88. The Morgan fingerprint density at radius 3 is 2.32 bits per heavy atom. The third-order valence-electron chi connectivity index (χ3n) is 2.84. The molecule has 2 N–H and O–H groups in total. The van der Waals surface area contributed by atoms with Crippen LogP contribution in [0.2, 0.25) is 0 Å². The maximum atomic E-state index is 12.2. The van der Waals surface area contributed by atoms with Gasteiger partial charge in [-0.1, -0.05) is 24.3 Å². The molecule has 0 fully saturated rings. The first-order valence-corrected chi connectivity index (χ1v) is 7.26. The van der Waals surface area contributed by atoms with Crippen molar-refractivity contribution in [2.75, 3.05) is 4.72 Å². The number of aromatic hydroxyl groups is 1. The molecule has 0 unspecified atom stereocenters. The molecule has 5 heteroatoms. The fourth-order valence-corrected chi connectivity index (χ4v) is 3.04. The summed E-state index contributed by atoms with van der Waals surface area (Å²) in [6, 6.07) is 11.4. The minimum atomic E-state index is -3.63. The molecule has 2 aromatic carbocycles. The third-order valence-corrected chi connectivity index (χ3v) is 4.39. The van der Waals surface area contributed by atoms with Crippen molar-refractivity contribution in [3.8, 4) is 5.75 Å². The number of sulfonamides is 1. The van der Waals surface area contributed by atoms with Crippen molar-refractivity contribution in [3.63, 3.8) is 0 Å². The standard InChI is InChI=1S/C14H15NO3S/c1-10-7-8-12(9-13(10)16)15-19(17,18)14-6-4-3-5-11(14)2/h3-9,15-16H,1-2H3. The highest BCUT2D eigenvalue weighted by molar-refractivity contribution is 7.92. The highest BCUT2D eigenvalue weighted by Gasteiger charge is 2.16. The number of hydrogen-bond acceptors (Lipinski definition) is 3. The first-order chi connectivity index (χ1) is 8.90. The highest BCUT2D eigenvalue weighted by Crippen LogP contribution is 2.24. The molecule has 19 heavy (non-hydrogen) atoms. The lowest BCUT2D eigenvalue weighted by Gasteiger charge is -2.11.